The lowest BCUT2D eigenvalue weighted by atomic mass is 9.86. The van der Waals surface area contributed by atoms with Crippen molar-refractivity contribution in [3.05, 3.63) is 37.0 Å². The number of rotatable bonds is 16. The third-order valence-corrected chi connectivity index (χ3v) is 14.1. The Morgan fingerprint density at radius 2 is 1.66 bits per heavy atom. The zero-order valence-electron chi connectivity index (χ0n) is 38.8. The summed E-state index contributed by atoms with van der Waals surface area (Å²) in [6, 6.07) is 0. The van der Waals surface area contributed by atoms with Crippen molar-refractivity contribution in [2.75, 3.05) is 26.9 Å². The van der Waals surface area contributed by atoms with Crippen molar-refractivity contribution in [3.8, 4) is 12.0 Å². The van der Waals surface area contributed by atoms with Crippen molar-refractivity contribution in [2.24, 2.45) is 5.92 Å². The molecule has 7 aliphatic heterocycles. The molecule has 14 nitrogen and oxygen atoms in total. The molecule has 0 aromatic heterocycles. The molecule has 0 bridgehead atoms. The van der Waals surface area contributed by atoms with Crippen molar-refractivity contribution in [2.45, 2.75) is 222 Å². The molecule has 7 aliphatic rings. The molecule has 0 aliphatic carbocycles. The molecule has 0 N–H and O–H groups in total. The van der Waals surface area contributed by atoms with Gasteiger partial charge in [-0.25, -0.2) is 0 Å². The fourth-order valence-electron chi connectivity index (χ4n) is 10.6. The van der Waals surface area contributed by atoms with E-state index in [4.69, 9.17) is 56.8 Å². The van der Waals surface area contributed by atoms with E-state index in [-0.39, 0.29) is 92.2 Å². The number of carbonyl (C=O) groups is 2. The van der Waals surface area contributed by atoms with Crippen LogP contribution in [-0.4, -0.2) is 143 Å². The van der Waals surface area contributed by atoms with Gasteiger partial charge in [0.2, 0.25) is 0 Å². The Hall–Kier alpha value is -2.68. The van der Waals surface area contributed by atoms with E-state index in [9.17, 15) is 9.59 Å². The molecule has 0 radical (unpaired) electrons. The van der Waals surface area contributed by atoms with Gasteiger partial charge in [0.05, 0.1) is 93.4 Å². The summed E-state index contributed by atoms with van der Waals surface area (Å²) in [5.74, 6) is 3.34. The van der Waals surface area contributed by atoms with Gasteiger partial charge >= 0.3 is 5.97 Å². The summed E-state index contributed by atoms with van der Waals surface area (Å²) in [4.78, 5) is 25.4. The normalized spacial score (nSPS) is 41.2. The Kier molecular flexibility index (Phi) is 18.0. The number of esters is 1. The summed E-state index contributed by atoms with van der Waals surface area (Å²) in [6.45, 7) is 21.4. The molecule has 358 valence electrons. The topological polar surface area (TPSA) is 145 Å². The molecule has 7 unspecified atom stereocenters. The third kappa shape index (κ3) is 12.6. The van der Waals surface area contributed by atoms with Gasteiger partial charge in [-0.2, -0.15) is 0 Å². The molecule has 7 fully saturated rings. The van der Waals surface area contributed by atoms with Crippen LogP contribution in [0.2, 0.25) is 0 Å². The molecule has 0 spiro atoms. The predicted molar refractivity (Wildman–Crippen MR) is 235 cm³/mol. The summed E-state index contributed by atoms with van der Waals surface area (Å²) in [5.41, 5.74) is 2.34. The van der Waals surface area contributed by atoms with E-state index in [1.807, 2.05) is 6.92 Å². The Balaban J connectivity index is 0.949. The molecule has 0 aromatic rings. The largest absolute Gasteiger partial charge is 0.460 e. The van der Waals surface area contributed by atoms with Gasteiger partial charge in [0.15, 0.2) is 12.4 Å². The Morgan fingerprint density at radius 3 is 2.44 bits per heavy atom. The average molecular weight is 899 g/mol. The van der Waals surface area contributed by atoms with E-state index in [1.165, 1.54) is 5.57 Å². The maximum atomic E-state index is 13.5. The van der Waals surface area contributed by atoms with Crippen molar-refractivity contribution >= 4 is 11.8 Å². The summed E-state index contributed by atoms with van der Waals surface area (Å²) in [6.07, 6.45) is 8.52. The monoisotopic (exact) mass is 899 g/mol. The van der Waals surface area contributed by atoms with Gasteiger partial charge in [0.1, 0.15) is 36.3 Å². The van der Waals surface area contributed by atoms with Crippen LogP contribution in [0.5, 0.6) is 0 Å². The molecule has 0 aromatic carbocycles. The zero-order valence-corrected chi connectivity index (χ0v) is 38.8. The zero-order chi connectivity index (χ0) is 45.3. The molecule has 0 saturated carbocycles. The van der Waals surface area contributed by atoms with Gasteiger partial charge in [0, 0.05) is 39.2 Å². The fraction of sp³-hybridized carbons (Fsp3) is 0.800. The number of fused-ring (bicyclic) bond motifs is 3. The standard InChI is InChI=1S/C50H74O14/c1-9-19-55-46-18-21-54-33(7)47-50(64-46)49(56-20-12-11-13-34-23-30(4)39(59-34)16-14-35-22-29(3)32(6)38(10-2)58-35)48-40(63-47)17-15-36(61-48)26-45(52)60-37-25-44-42(57-28-37)27-41(53-8)43(62-44)24-31(5)51/h9,29,33-44,46-50H,1,4,6,10-11,13-19,21-28H2,2-3,5,7-8H3/t29-,33+,34+,35?,36?,37-,38?,39?,40+,41-,42+,43?,44?,46?,47+,48+,49+,50-/m1/s1. The van der Waals surface area contributed by atoms with E-state index in [2.05, 4.69) is 45.6 Å². The number of methoxy groups -OCH3 is 1. The number of ketones is 1. The summed E-state index contributed by atoms with van der Waals surface area (Å²) in [7, 11) is 1.62. The second-order valence-corrected chi connectivity index (χ2v) is 19.0. The van der Waals surface area contributed by atoms with Crippen LogP contribution in [0.15, 0.2) is 37.0 Å². The van der Waals surface area contributed by atoms with Gasteiger partial charge in [-0.05, 0) is 82.3 Å². The first-order valence-electron chi connectivity index (χ1n) is 24.0. The Morgan fingerprint density at radius 1 is 0.828 bits per heavy atom. The molecular weight excluding hydrogens is 825 g/mol. The van der Waals surface area contributed by atoms with Crippen molar-refractivity contribution < 1.29 is 66.4 Å². The highest BCUT2D eigenvalue weighted by atomic mass is 16.7. The van der Waals surface area contributed by atoms with E-state index in [0.717, 1.165) is 44.1 Å². The van der Waals surface area contributed by atoms with Gasteiger partial charge in [-0.3, -0.25) is 9.59 Å². The Bertz CT molecular complexity index is 1660. The molecule has 0 amide bonds. The second-order valence-electron chi connectivity index (χ2n) is 19.0. The fourth-order valence-corrected chi connectivity index (χ4v) is 10.6. The number of ether oxygens (including phenoxy) is 12. The smallest absolute Gasteiger partial charge is 0.308 e. The molecular formula is C50H74O14. The first kappa shape index (κ1) is 49.2. The number of hydrogen-bond acceptors (Lipinski definition) is 14. The molecule has 14 heteroatoms. The quantitative estimate of drug-likeness (QED) is 0.0927. The molecule has 7 heterocycles. The highest BCUT2D eigenvalue weighted by molar-refractivity contribution is 5.76. The van der Waals surface area contributed by atoms with Crippen molar-refractivity contribution in [3.63, 3.8) is 0 Å². The van der Waals surface area contributed by atoms with Crippen LogP contribution in [0.25, 0.3) is 0 Å². The number of carbonyl (C=O) groups excluding carboxylic acids is 2. The molecule has 64 heavy (non-hydrogen) atoms. The van der Waals surface area contributed by atoms with Crippen molar-refractivity contribution in [1.29, 1.82) is 0 Å². The van der Waals surface area contributed by atoms with E-state index in [0.29, 0.717) is 57.7 Å². The van der Waals surface area contributed by atoms with E-state index in [1.54, 1.807) is 20.1 Å². The molecule has 7 saturated heterocycles. The highest BCUT2D eigenvalue weighted by Crippen LogP contribution is 2.40. The maximum Gasteiger partial charge on any atom is 0.308 e. The summed E-state index contributed by atoms with van der Waals surface area (Å²) in [5, 5.41) is 0. The van der Waals surface area contributed by atoms with Crippen LogP contribution in [0, 0.1) is 17.9 Å². The first-order chi connectivity index (χ1) is 30.9. The lowest BCUT2D eigenvalue weighted by molar-refractivity contribution is -0.321. The molecule has 7 rings (SSSR count). The van der Waals surface area contributed by atoms with Gasteiger partial charge in [0.25, 0.3) is 0 Å². The summed E-state index contributed by atoms with van der Waals surface area (Å²) >= 11 is 0. The number of hydrogen-bond donors (Lipinski definition) is 0. The average Bonchev–Trinajstić information content (AvgIpc) is 3.63. The third-order valence-electron chi connectivity index (χ3n) is 14.1. The van der Waals surface area contributed by atoms with Gasteiger partial charge in [-0.15, -0.1) is 6.58 Å². The minimum Gasteiger partial charge on any atom is -0.460 e. The lowest BCUT2D eigenvalue weighted by Crippen LogP contribution is -2.65. The van der Waals surface area contributed by atoms with Crippen LogP contribution >= 0.6 is 0 Å². The first-order valence-corrected chi connectivity index (χ1v) is 24.0. The van der Waals surface area contributed by atoms with Crippen LogP contribution < -0.4 is 0 Å². The van der Waals surface area contributed by atoms with Crippen LogP contribution in [0.4, 0.5) is 0 Å². The van der Waals surface area contributed by atoms with E-state index >= 15 is 0 Å². The minimum atomic E-state index is -0.666. The molecule has 18 atom stereocenters. The van der Waals surface area contributed by atoms with E-state index < -0.39 is 42.9 Å². The SMILES string of the molecule is C=CCOC1CCO[C@@H](C)[C@@H]2O[C@H]3CCC(CC(=O)O[C@H]4CO[C@H]5C[C@@H](OC)C(CC(C)=O)OC5C4)O[C@@H]3[C@H](OC#CCC[C@H]3CC(=C)C(CCC4C[C@@H](C)C(=C)C(CC)O4)O3)[C@@H]2O1. The maximum absolute atomic E-state index is 13.5. The minimum absolute atomic E-state index is 0.0184. The predicted octanol–water partition coefficient (Wildman–Crippen LogP) is 6.65. The van der Waals surface area contributed by atoms with Crippen molar-refractivity contribution in [1.82, 2.24) is 0 Å². The summed E-state index contributed by atoms with van der Waals surface area (Å²) < 4.78 is 75.5. The van der Waals surface area contributed by atoms with Crippen LogP contribution in [0.1, 0.15) is 118 Å². The second kappa shape index (κ2) is 23.4. The lowest BCUT2D eigenvalue weighted by Gasteiger charge is -2.51. The highest BCUT2D eigenvalue weighted by Gasteiger charge is 2.54. The van der Waals surface area contributed by atoms with Crippen LogP contribution in [0.3, 0.4) is 0 Å². The number of Topliss-reactive ketones (excluding diaryl/α,β-unsaturated/α-hetero) is 1. The van der Waals surface area contributed by atoms with Crippen LogP contribution in [-0.2, 0) is 66.4 Å². The Labute approximate surface area is 380 Å². The van der Waals surface area contributed by atoms with Gasteiger partial charge < -0.3 is 56.8 Å². The van der Waals surface area contributed by atoms with Gasteiger partial charge in [-0.1, -0.05) is 39.0 Å².